The van der Waals surface area contributed by atoms with Crippen LogP contribution >= 0.6 is 0 Å². The third-order valence-corrected chi connectivity index (χ3v) is 4.04. The predicted molar refractivity (Wildman–Crippen MR) is 101 cm³/mol. The minimum Gasteiger partial charge on any atom is -0.444 e. The highest BCUT2D eigenvalue weighted by Gasteiger charge is 2.08. The van der Waals surface area contributed by atoms with E-state index < -0.39 is 0 Å². The number of guanidine groups is 1. The van der Waals surface area contributed by atoms with Crippen molar-refractivity contribution in [3.63, 3.8) is 0 Å². The van der Waals surface area contributed by atoms with Gasteiger partial charge in [0, 0.05) is 18.9 Å². The zero-order valence-electron chi connectivity index (χ0n) is 15.7. The number of nitrogens with one attached hydrogen (secondary N) is 2. The first-order valence-corrected chi connectivity index (χ1v) is 8.78. The van der Waals surface area contributed by atoms with Gasteiger partial charge in [-0.2, -0.15) is 0 Å². The summed E-state index contributed by atoms with van der Waals surface area (Å²) < 4.78 is 21.5. The highest BCUT2D eigenvalue weighted by atomic mass is 19.1. The van der Waals surface area contributed by atoms with Crippen molar-refractivity contribution in [1.29, 1.82) is 0 Å². The maximum atomic E-state index is 14.3. The molecule has 3 aromatic rings. The maximum Gasteiger partial charge on any atom is 0.214 e. The van der Waals surface area contributed by atoms with Gasteiger partial charge in [-0.15, -0.1) is 0 Å². The fourth-order valence-corrected chi connectivity index (χ4v) is 2.55. The Kier molecular flexibility index (Phi) is 5.85. The second-order valence-electron chi connectivity index (χ2n) is 6.05. The molecule has 8 heteroatoms. The lowest BCUT2D eigenvalue weighted by Crippen LogP contribution is -2.36. The van der Waals surface area contributed by atoms with Crippen molar-refractivity contribution in [2.45, 2.75) is 33.9 Å². The number of halogens is 1. The quantitative estimate of drug-likeness (QED) is 0.515. The average molecular weight is 370 g/mol. The molecule has 0 saturated heterocycles. The highest BCUT2D eigenvalue weighted by Crippen LogP contribution is 2.15. The third-order valence-electron chi connectivity index (χ3n) is 4.04. The first-order valence-electron chi connectivity index (χ1n) is 8.78. The molecule has 0 aliphatic carbocycles. The summed E-state index contributed by atoms with van der Waals surface area (Å²) in [7, 11) is 0. The minimum atomic E-state index is -0.315. The first-order chi connectivity index (χ1) is 13.1. The Morgan fingerprint density at radius 3 is 2.78 bits per heavy atom. The van der Waals surface area contributed by atoms with Crippen LogP contribution in [0.15, 0.2) is 46.3 Å². The summed E-state index contributed by atoms with van der Waals surface area (Å²) in [6.45, 7) is 7.25. The monoisotopic (exact) mass is 370 g/mol. The van der Waals surface area contributed by atoms with E-state index >= 15 is 0 Å². The van der Waals surface area contributed by atoms with E-state index in [1.165, 1.54) is 6.07 Å². The Hall–Kier alpha value is -3.16. The maximum absolute atomic E-state index is 14.3. The van der Waals surface area contributed by atoms with E-state index in [4.69, 9.17) is 4.42 Å². The number of hydrogen-bond acceptors (Lipinski definition) is 4. The van der Waals surface area contributed by atoms with Crippen LogP contribution in [0.2, 0.25) is 0 Å². The molecule has 2 N–H and O–H groups in total. The van der Waals surface area contributed by atoms with Crippen LogP contribution in [0.5, 0.6) is 0 Å². The van der Waals surface area contributed by atoms with Crippen molar-refractivity contribution < 1.29 is 8.81 Å². The van der Waals surface area contributed by atoms with Crippen LogP contribution < -0.4 is 10.6 Å². The molecule has 27 heavy (non-hydrogen) atoms. The number of aryl methyl sites for hydroxylation is 2. The lowest BCUT2D eigenvalue weighted by molar-refractivity contribution is 0.463. The Morgan fingerprint density at radius 1 is 1.30 bits per heavy atom. The molecule has 0 fully saturated rings. The molecule has 2 heterocycles. The Balaban J connectivity index is 1.66. The van der Waals surface area contributed by atoms with E-state index in [-0.39, 0.29) is 5.82 Å². The van der Waals surface area contributed by atoms with Crippen LogP contribution in [0.4, 0.5) is 4.39 Å². The number of aliphatic imine (C=N–C) groups is 1. The van der Waals surface area contributed by atoms with E-state index in [0.29, 0.717) is 37.2 Å². The number of benzene rings is 1. The normalized spacial score (nSPS) is 11.6. The van der Waals surface area contributed by atoms with E-state index in [2.05, 4.69) is 25.6 Å². The SMILES string of the molecule is CCNC(=NCc1ccc(-n2ccnc2)c(F)c1)NCc1nc(C)c(C)o1. The molecule has 0 saturated carbocycles. The van der Waals surface area contributed by atoms with Gasteiger partial charge in [-0.3, -0.25) is 0 Å². The van der Waals surface area contributed by atoms with Crippen molar-refractivity contribution in [3.05, 3.63) is 65.6 Å². The third kappa shape index (κ3) is 4.72. The average Bonchev–Trinajstić information content (AvgIpc) is 3.28. The van der Waals surface area contributed by atoms with Crippen LogP contribution in [0, 0.1) is 19.7 Å². The molecule has 0 spiro atoms. The molecule has 0 unspecified atom stereocenters. The second-order valence-corrected chi connectivity index (χ2v) is 6.05. The van der Waals surface area contributed by atoms with Gasteiger partial charge in [0.15, 0.2) is 5.96 Å². The van der Waals surface area contributed by atoms with Gasteiger partial charge in [0.1, 0.15) is 11.6 Å². The Morgan fingerprint density at radius 2 is 2.15 bits per heavy atom. The molecule has 0 aliphatic rings. The summed E-state index contributed by atoms with van der Waals surface area (Å²) in [4.78, 5) is 12.8. The van der Waals surface area contributed by atoms with Gasteiger partial charge >= 0.3 is 0 Å². The molecule has 0 atom stereocenters. The van der Waals surface area contributed by atoms with Crippen LogP contribution in [0.25, 0.3) is 5.69 Å². The van der Waals surface area contributed by atoms with E-state index in [1.54, 1.807) is 29.4 Å². The zero-order chi connectivity index (χ0) is 19.2. The first kappa shape index (κ1) is 18.6. The molecule has 142 valence electrons. The van der Waals surface area contributed by atoms with Gasteiger partial charge in [-0.1, -0.05) is 6.07 Å². The molecule has 7 nitrogen and oxygen atoms in total. The summed E-state index contributed by atoms with van der Waals surface area (Å²) in [6, 6.07) is 5.07. The Bertz CT molecular complexity index is 897. The molecule has 0 bridgehead atoms. The summed E-state index contributed by atoms with van der Waals surface area (Å²) in [5.41, 5.74) is 2.11. The molecule has 1 aromatic carbocycles. The molecule has 0 aliphatic heterocycles. The largest absolute Gasteiger partial charge is 0.444 e. The molecular formula is C19H23FN6O. The summed E-state index contributed by atoms with van der Waals surface area (Å²) >= 11 is 0. The van der Waals surface area contributed by atoms with Gasteiger partial charge in [-0.05, 0) is 38.5 Å². The zero-order valence-corrected chi connectivity index (χ0v) is 15.7. The fourth-order valence-electron chi connectivity index (χ4n) is 2.55. The standard InChI is InChI=1S/C19H23FN6O/c1-4-22-19(24-11-18-25-13(2)14(3)27-18)23-10-15-5-6-17(16(20)9-15)26-8-7-21-12-26/h5-9,12H,4,10-11H2,1-3H3,(H2,22,23,24). The van der Waals surface area contributed by atoms with E-state index in [1.807, 2.05) is 26.8 Å². The van der Waals surface area contributed by atoms with Crippen LogP contribution in [-0.2, 0) is 13.1 Å². The van der Waals surface area contributed by atoms with Gasteiger partial charge in [0.25, 0.3) is 0 Å². The van der Waals surface area contributed by atoms with Crippen molar-refractivity contribution in [2.75, 3.05) is 6.54 Å². The van der Waals surface area contributed by atoms with Crippen molar-refractivity contribution in [2.24, 2.45) is 4.99 Å². The van der Waals surface area contributed by atoms with Gasteiger partial charge < -0.3 is 19.6 Å². The van der Waals surface area contributed by atoms with Gasteiger partial charge in [0.05, 0.1) is 30.8 Å². The highest BCUT2D eigenvalue weighted by molar-refractivity contribution is 5.79. The smallest absolute Gasteiger partial charge is 0.214 e. The number of hydrogen-bond donors (Lipinski definition) is 2. The molecule has 3 rings (SSSR count). The van der Waals surface area contributed by atoms with E-state index in [9.17, 15) is 4.39 Å². The van der Waals surface area contributed by atoms with Crippen LogP contribution in [0.1, 0.15) is 29.8 Å². The number of nitrogens with zero attached hydrogens (tertiary/aromatic N) is 4. The van der Waals surface area contributed by atoms with Crippen molar-refractivity contribution >= 4 is 5.96 Å². The number of oxazole rings is 1. The predicted octanol–water partition coefficient (Wildman–Crippen LogP) is 2.87. The van der Waals surface area contributed by atoms with Crippen LogP contribution in [0.3, 0.4) is 0 Å². The Labute approximate surface area is 157 Å². The van der Waals surface area contributed by atoms with Gasteiger partial charge in [0.2, 0.25) is 5.89 Å². The summed E-state index contributed by atoms with van der Waals surface area (Å²) in [5, 5.41) is 6.33. The summed E-state index contributed by atoms with van der Waals surface area (Å²) in [5.74, 6) is 1.71. The minimum absolute atomic E-state index is 0.315. The molecule has 0 radical (unpaired) electrons. The molecule has 2 aromatic heterocycles. The van der Waals surface area contributed by atoms with E-state index in [0.717, 1.165) is 17.0 Å². The molecular weight excluding hydrogens is 347 g/mol. The molecule has 0 amide bonds. The number of imidazole rings is 1. The topological polar surface area (TPSA) is 80.3 Å². The van der Waals surface area contributed by atoms with Crippen LogP contribution in [-0.4, -0.2) is 27.0 Å². The van der Waals surface area contributed by atoms with Crippen molar-refractivity contribution in [1.82, 2.24) is 25.2 Å². The van der Waals surface area contributed by atoms with Crippen molar-refractivity contribution in [3.8, 4) is 5.69 Å². The number of rotatable bonds is 6. The lowest BCUT2D eigenvalue weighted by atomic mass is 10.2. The summed E-state index contributed by atoms with van der Waals surface area (Å²) in [6.07, 6.45) is 4.88. The lowest BCUT2D eigenvalue weighted by Gasteiger charge is -2.10. The second kappa shape index (κ2) is 8.48. The van der Waals surface area contributed by atoms with Gasteiger partial charge in [-0.25, -0.2) is 19.4 Å². The number of aromatic nitrogens is 3. The fraction of sp³-hybridized carbons (Fsp3) is 0.316.